The van der Waals surface area contributed by atoms with Gasteiger partial charge in [-0.2, -0.15) is 0 Å². The van der Waals surface area contributed by atoms with E-state index in [0.29, 0.717) is 30.9 Å². The minimum Gasteiger partial charge on any atom is -0.377 e. The van der Waals surface area contributed by atoms with Crippen molar-refractivity contribution in [3.05, 3.63) is 29.6 Å². The summed E-state index contributed by atoms with van der Waals surface area (Å²) in [5.74, 6) is 5.63. The molecule has 0 aliphatic carbocycles. The smallest absolute Gasteiger partial charge is 0.255 e. The molecule has 0 spiro atoms. The molecule has 2 heterocycles. The SMILES string of the molecule is CC1(C)COCCN1C(=O)c1ccncc1C#CCN. The second-order valence-corrected chi connectivity index (χ2v) is 5.25. The van der Waals surface area contributed by atoms with Gasteiger partial charge in [-0.25, -0.2) is 0 Å². The number of amides is 1. The zero-order valence-corrected chi connectivity index (χ0v) is 11.8. The van der Waals surface area contributed by atoms with E-state index in [1.807, 2.05) is 18.7 Å². The van der Waals surface area contributed by atoms with Gasteiger partial charge in [0.15, 0.2) is 0 Å². The minimum atomic E-state index is -0.322. The molecule has 0 saturated carbocycles. The number of nitrogens with zero attached hydrogens (tertiary/aromatic N) is 2. The molecule has 1 aromatic rings. The third-order valence-corrected chi connectivity index (χ3v) is 3.27. The standard InChI is InChI=1S/C15H19N3O2/c1-15(2)11-20-9-8-18(15)14(19)13-5-7-17-10-12(13)4-3-6-16/h5,7,10H,6,8-9,11,16H2,1-2H3. The molecule has 106 valence electrons. The van der Waals surface area contributed by atoms with Gasteiger partial charge in [-0.05, 0) is 19.9 Å². The first-order valence-corrected chi connectivity index (χ1v) is 6.59. The van der Waals surface area contributed by atoms with Gasteiger partial charge in [0.1, 0.15) is 0 Å². The van der Waals surface area contributed by atoms with Gasteiger partial charge in [-0.15, -0.1) is 0 Å². The number of pyridine rings is 1. The first kappa shape index (κ1) is 14.5. The van der Waals surface area contributed by atoms with Crippen molar-refractivity contribution in [2.45, 2.75) is 19.4 Å². The topological polar surface area (TPSA) is 68.5 Å². The van der Waals surface area contributed by atoms with Gasteiger partial charge in [0.2, 0.25) is 0 Å². The maximum atomic E-state index is 12.7. The fraction of sp³-hybridized carbons (Fsp3) is 0.467. The van der Waals surface area contributed by atoms with Gasteiger partial charge in [0.25, 0.3) is 5.91 Å². The van der Waals surface area contributed by atoms with Crippen LogP contribution in [0.3, 0.4) is 0 Å². The van der Waals surface area contributed by atoms with E-state index < -0.39 is 0 Å². The molecule has 0 unspecified atom stereocenters. The monoisotopic (exact) mass is 273 g/mol. The Hall–Kier alpha value is -1.90. The molecule has 0 radical (unpaired) electrons. The average molecular weight is 273 g/mol. The van der Waals surface area contributed by atoms with E-state index >= 15 is 0 Å². The van der Waals surface area contributed by atoms with Crippen LogP contribution in [-0.4, -0.2) is 47.6 Å². The van der Waals surface area contributed by atoms with E-state index in [4.69, 9.17) is 10.5 Å². The van der Waals surface area contributed by atoms with Crippen LogP contribution in [0.4, 0.5) is 0 Å². The van der Waals surface area contributed by atoms with Gasteiger partial charge >= 0.3 is 0 Å². The lowest BCUT2D eigenvalue weighted by molar-refractivity contribution is -0.0370. The second-order valence-electron chi connectivity index (χ2n) is 5.25. The summed E-state index contributed by atoms with van der Waals surface area (Å²) in [6.07, 6.45) is 3.21. The second kappa shape index (κ2) is 6.04. The van der Waals surface area contributed by atoms with Crippen LogP contribution in [0.2, 0.25) is 0 Å². The molecule has 1 saturated heterocycles. The highest BCUT2D eigenvalue weighted by Crippen LogP contribution is 2.22. The number of carbonyl (C=O) groups is 1. The van der Waals surface area contributed by atoms with E-state index in [0.717, 1.165) is 0 Å². The molecule has 1 aromatic heterocycles. The number of ether oxygens (including phenoxy) is 1. The molecular weight excluding hydrogens is 254 g/mol. The number of nitrogens with two attached hydrogens (primary N) is 1. The molecule has 1 aliphatic rings. The molecule has 2 N–H and O–H groups in total. The number of rotatable bonds is 1. The Balaban J connectivity index is 2.33. The van der Waals surface area contributed by atoms with Crippen molar-refractivity contribution >= 4 is 5.91 Å². The first-order valence-electron chi connectivity index (χ1n) is 6.59. The lowest BCUT2D eigenvalue weighted by Crippen LogP contribution is -2.55. The van der Waals surface area contributed by atoms with Crippen molar-refractivity contribution in [2.75, 3.05) is 26.3 Å². The van der Waals surface area contributed by atoms with Crippen molar-refractivity contribution in [1.82, 2.24) is 9.88 Å². The van der Waals surface area contributed by atoms with Crippen LogP contribution >= 0.6 is 0 Å². The van der Waals surface area contributed by atoms with Crippen LogP contribution in [-0.2, 0) is 4.74 Å². The molecule has 2 rings (SSSR count). The molecule has 1 aliphatic heterocycles. The summed E-state index contributed by atoms with van der Waals surface area (Å²) in [7, 11) is 0. The van der Waals surface area contributed by atoms with Crippen LogP contribution in [0.1, 0.15) is 29.8 Å². The Kier molecular flexibility index (Phi) is 4.38. The molecule has 5 nitrogen and oxygen atoms in total. The van der Waals surface area contributed by atoms with Gasteiger partial charge in [-0.1, -0.05) is 11.8 Å². The Morgan fingerprint density at radius 2 is 2.40 bits per heavy atom. The van der Waals surface area contributed by atoms with Gasteiger partial charge in [0.05, 0.1) is 36.4 Å². The molecule has 0 bridgehead atoms. The van der Waals surface area contributed by atoms with Crippen LogP contribution < -0.4 is 5.73 Å². The number of carbonyl (C=O) groups excluding carboxylic acids is 1. The van der Waals surface area contributed by atoms with Gasteiger partial charge in [-0.3, -0.25) is 9.78 Å². The quantitative estimate of drug-likeness (QED) is 0.763. The van der Waals surface area contributed by atoms with Gasteiger partial charge in [0, 0.05) is 18.9 Å². The summed E-state index contributed by atoms with van der Waals surface area (Å²) >= 11 is 0. The van der Waals surface area contributed by atoms with Crippen molar-refractivity contribution in [3.8, 4) is 11.8 Å². The predicted octanol–water partition coefficient (Wildman–Crippen LogP) is 0.643. The summed E-state index contributed by atoms with van der Waals surface area (Å²) in [4.78, 5) is 18.6. The van der Waals surface area contributed by atoms with Crippen molar-refractivity contribution < 1.29 is 9.53 Å². The summed E-state index contributed by atoms with van der Waals surface area (Å²) in [5.41, 5.74) is 6.24. The zero-order chi connectivity index (χ0) is 14.6. The molecule has 20 heavy (non-hydrogen) atoms. The zero-order valence-electron chi connectivity index (χ0n) is 11.8. The van der Waals surface area contributed by atoms with Crippen LogP contribution in [0, 0.1) is 11.8 Å². The fourth-order valence-electron chi connectivity index (χ4n) is 2.21. The maximum Gasteiger partial charge on any atom is 0.255 e. The van der Waals surface area contributed by atoms with E-state index in [1.165, 1.54) is 0 Å². The minimum absolute atomic E-state index is 0.0398. The fourth-order valence-corrected chi connectivity index (χ4v) is 2.21. The number of hydrogen-bond acceptors (Lipinski definition) is 4. The molecule has 1 fully saturated rings. The molecule has 1 amide bonds. The lowest BCUT2D eigenvalue weighted by Gasteiger charge is -2.42. The summed E-state index contributed by atoms with van der Waals surface area (Å²) in [6.45, 7) is 5.92. The molecule has 0 aromatic carbocycles. The first-order chi connectivity index (χ1) is 9.56. The number of aromatic nitrogens is 1. The maximum absolute atomic E-state index is 12.7. The van der Waals surface area contributed by atoms with E-state index in [-0.39, 0.29) is 18.0 Å². The van der Waals surface area contributed by atoms with E-state index in [9.17, 15) is 4.79 Å². The summed E-state index contributed by atoms with van der Waals surface area (Å²) in [6, 6.07) is 1.70. The summed E-state index contributed by atoms with van der Waals surface area (Å²) in [5, 5.41) is 0. The number of morpholine rings is 1. The largest absolute Gasteiger partial charge is 0.377 e. The van der Waals surface area contributed by atoms with Crippen molar-refractivity contribution in [1.29, 1.82) is 0 Å². The van der Waals surface area contributed by atoms with Crippen LogP contribution in [0.25, 0.3) is 0 Å². The summed E-state index contributed by atoms with van der Waals surface area (Å²) < 4.78 is 5.45. The van der Waals surface area contributed by atoms with Crippen molar-refractivity contribution in [2.24, 2.45) is 5.73 Å². The Morgan fingerprint density at radius 1 is 1.60 bits per heavy atom. The third kappa shape index (κ3) is 2.98. The Bertz CT molecular complexity index is 558. The van der Waals surface area contributed by atoms with Crippen LogP contribution in [0.15, 0.2) is 18.5 Å². The van der Waals surface area contributed by atoms with E-state index in [2.05, 4.69) is 16.8 Å². The molecule has 5 heteroatoms. The predicted molar refractivity (Wildman–Crippen MR) is 76.1 cm³/mol. The van der Waals surface area contributed by atoms with E-state index in [1.54, 1.807) is 18.5 Å². The normalized spacial score (nSPS) is 17.2. The molecule has 0 atom stereocenters. The third-order valence-electron chi connectivity index (χ3n) is 3.27. The Morgan fingerprint density at radius 3 is 3.10 bits per heavy atom. The highest BCUT2D eigenvalue weighted by molar-refractivity contribution is 5.97. The highest BCUT2D eigenvalue weighted by atomic mass is 16.5. The van der Waals surface area contributed by atoms with Gasteiger partial charge < -0.3 is 15.4 Å². The molecular formula is C15H19N3O2. The number of hydrogen-bond donors (Lipinski definition) is 1. The Labute approximate surface area is 119 Å². The van der Waals surface area contributed by atoms with Crippen LogP contribution in [0.5, 0.6) is 0 Å². The average Bonchev–Trinajstić information content (AvgIpc) is 2.44. The highest BCUT2D eigenvalue weighted by Gasteiger charge is 2.35. The van der Waals surface area contributed by atoms with Crippen molar-refractivity contribution in [3.63, 3.8) is 0 Å². The lowest BCUT2D eigenvalue weighted by atomic mass is 10.00.